The maximum absolute atomic E-state index is 11.3. The van der Waals surface area contributed by atoms with Crippen molar-refractivity contribution in [2.45, 2.75) is 0 Å². The van der Waals surface area contributed by atoms with Crippen molar-refractivity contribution in [3.63, 3.8) is 0 Å². The van der Waals surface area contributed by atoms with Crippen molar-refractivity contribution in [2.75, 3.05) is 0 Å². The van der Waals surface area contributed by atoms with E-state index < -0.39 is 11.9 Å². The molecule has 3 aromatic rings. The molecule has 0 unspecified atom stereocenters. The second-order valence-corrected chi connectivity index (χ2v) is 5.15. The monoisotopic (exact) mass is 316 g/mol. The molecule has 3 rings (SSSR count). The molecule has 0 fully saturated rings. The lowest BCUT2D eigenvalue weighted by Crippen LogP contribution is -2.07. The van der Waals surface area contributed by atoms with Gasteiger partial charge in [-0.2, -0.15) is 0 Å². The highest BCUT2D eigenvalue weighted by Crippen LogP contribution is 2.17. The predicted octanol–water partition coefficient (Wildman–Crippen LogP) is 3.64. The van der Waals surface area contributed by atoms with Crippen molar-refractivity contribution >= 4 is 22.7 Å². The van der Waals surface area contributed by atoms with Crippen molar-refractivity contribution in [3.05, 3.63) is 82.9 Å². The minimum atomic E-state index is -1.21. The van der Waals surface area contributed by atoms with Crippen molar-refractivity contribution in [1.82, 2.24) is 0 Å². The highest BCUT2D eigenvalue weighted by molar-refractivity contribution is 5.98. The first-order valence-corrected chi connectivity index (χ1v) is 7.16. The van der Waals surface area contributed by atoms with Gasteiger partial charge in [-0.15, -0.1) is 0 Å². The molecular formula is C20H12O4. The van der Waals surface area contributed by atoms with Gasteiger partial charge in [-0.3, -0.25) is 0 Å². The van der Waals surface area contributed by atoms with Crippen LogP contribution in [0.5, 0.6) is 0 Å². The summed E-state index contributed by atoms with van der Waals surface area (Å²) in [6, 6.07) is 17.5. The summed E-state index contributed by atoms with van der Waals surface area (Å²) in [7, 11) is 0. The smallest absolute Gasteiger partial charge is 0.336 e. The Labute approximate surface area is 138 Å². The maximum Gasteiger partial charge on any atom is 0.336 e. The third-order valence-electron chi connectivity index (χ3n) is 3.61. The first kappa shape index (κ1) is 15.3. The number of fused-ring (bicyclic) bond motifs is 1. The van der Waals surface area contributed by atoms with E-state index >= 15 is 0 Å². The van der Waals surface area contributed by atoms with Crippen LogP contribution in [0.4, 0.5) is 0 Å². The van der Waals surface area contributed by atoms with Crippen LogP contribution in [-0.4, -0.2) is 22.2 Å². The Balaban J connectivity index is 2.12. The van der Waals surface area contributed by atoms with Gasteiger partial charge < -0.3 is 10.2 Å². The summed E-state index contributed by atoms with van der Waals surface area (Å²) in [5.41, 5.74) is 0.447. The third-order valence-corrected chi connectivity index (χ3v) is 3.61. The quantitative estimate of drug-likeness (QED) is 0.708. The lowest BCUT2D eigenvalue weighted by Gasteiger charge is -2.03. The molecule has 0 spiro atoms. The first-order valence-electron chi connectivity index (χ1n) is 7.16. The van der Waals surface area contributed by atoms with Gasteiger partial charge in [-0.05, 0) is 35.0 Å². The van der Waals surface area contributed by atoms with Gasteiger partial charge in [0.25, 0.3) is 0 Å². The summed E-state index contributed by atoms with van der Waals surface area (Å²) in [4.78, 5) is 22.6. The first-order chi connectivity index (χ1) is 11.6. The molecule has 0 atom stereocenters. The minimum Gasteiger partial charge on any atom is -0.478 e. The van der Waals surface area contributed by atoms with Crippen LogP contribution in [0.1, 0.15) is 31.8 Å². The van der Waals surface area contributed by atoms with Crippen LogP contribution in [0.25, 0.3) is 10.8 Å². The molecule has 2 N–H and O–H groups in total. The number of hydrogen-bond acceptors (Lipinski definition) is 2. The SMILES string of the molecule is O=C(O)c1cccc(C(=O)O)c1C#Cc1ccc2ccccc2c1. The third kappa shape index (κ3) is 2.96. The summed E-state index contributed by atoms with van der Waals surface area (Å²) in [5.74, 6) is 3.17. The molecule has 0 aliphatic heterocycles. The average molecular weight is 316 g/mol. The molecule has 0 amide bonds. The fraction of sp³-hybridized carbons (Fsp3) is 0. The Bertz CT molecular complexity index is 990. The number of carboxylic acid groups (broad SMARTS) is 2. The van der Waals surface area contributed by atoms with E-state index in [0.717, 1.165) is 10.8 Å². The number of carboxylic acids is 2. The molecule has 24 heavy (non-hydrogen) atoms. The summed E-state index contributed by atoms with van der Waals surface area (Å²) < 4.78 is 0. The van der Waals surface area contributed by atoms with Gasteiger partial charge in [0.1, 0.15) is 0 Å². The zero-order chi connectivity index (χ0) is 17.1. The molecule has 116 valence electrons. The summed E-state index contributed by atoms with van der Waals surface area (Å²) in [5, 5.41) is 20.6. The van der Waals surface area contributed by atoms with Gasteiger partial charge in [0, 0.05) is 5.56 Å². The molecule has 0 saturated heterocycles. The van der Waals surface area contributed by atoms with Crippen molar-refractivity contribution in [2.24, 2.45) is 0 Å². The van der Waals surface area contributed by atoms with Crippen LogP contribution in [0, 0.1) is 11.8 Å². The number of aromatic carboxylic acids is 2. The molecule has 0 aromatic heterocycles. The van der Waals surface area contributed by atoms with Gasteiger partial charge in [0.2, 0.25) is 0 Å². The second-order valence-electron chi connectivity index (χ2n) is 5.15. The van der Waals surface area contributed by atoms with Crippen LogP contribution in [0.3, 0.4) is 0 Å². The van der Waals surface area contributed by atoms with Gasteiger partial charge in [0.15, 0.2) is 0 Å². The molecule has 0 heterocycles. The normalized spacial score (nSPS) is 10.0. The van der Waals surface area contributed by atoms with Crippen molar-refractivity contribution in [3.8, 4) is 11.8 Å². The van der Waals surface area contributed by atoms with E-state index in [-0.39, 0.29) is 16.7 Å². The predicted molar refractivity (Wildman–Crippen MR) is 90.3 cm³/mol. The van der Waals surface area contributed by atoms with Crippen LogP contribution >= 0.6 is 0 Å². The Morgan fingerprint density at radius 3 is 1.96 bits per heavy atom. The lowest BCUT2D eigenvalue weighted by atomic mass is 10.0. The second kappa shape index (κ2) is 6.27. The Kier molecular flexibility index (Phi) is 4.00. The number of carbonyl (C=O) groups is 2. The zero-order valence-corrected chi connectivity index (χ0v) is 12.5. The molecule has 0 aliphatic rings. The standard InChI is InChI=1S/C20H12O4/c21-19(22)17-6-3-7-18(20(23)24)16(17)11-9-13-8-10-14-4-1-2-5-15(14)12-13/h1-8,10,12H,(H,21,22)(H,23,24). The summed E-state index contributed by atoms with van der Waals surface area (Å²) in [6.45, 7) is 0. The fourth-order valence-corrected chi connectivity index (χ4v) is 2.45. The van der Waals surface area contributed by atoms with Crippen LogP contribution in [0.15, 0.2) is 60.7 Å². The number of rotatable bonds is 2. The molecule has 0 aliphatic carbocycles. The molecule has 4 heteroatoms. The van der Waals surface area contributed by atoms with E-state index in [1.807, 2.05) is 42.5 Å². The van der Waals surface area contributed by atoms with Gasteiger partial charge in [-0.25, -0.2) is 9.59 Å². The molecule has 0 saturated carbocycles. The highest BCUT2D eigenvalue weighted by atomic mass is 16.4. The van der Waals surface area contributed by atoms with Crippen molar-refractivity contribution < 1.29 is 19.8 Å². The zero-order valence-electron chi connectivity index (χ0n) is 12.5. The van der Waals surface area contributed by atoms with Gasteiger partial charge in [-0.1, -0.05) is 48.2 Å². The Morgan fingerprint density at radius 1 is 0.708 bits per heavy atom. The Morgan fingerprint density at radius 2 is 1.33 bits per heavy atom. The number of hydrogen-bond donors (Lipinski definition) is 2. The van der Waals surface area contributed by atoms with E-state index in [2.05, 4.69) is 11.8 Å². The molecule has 3 aromatic carbocycles. The van der Waals surface area contributed by atoms with Gasteiger partial charge >= 0.3 is 11.9 Å². The lowest BCUT2D eigenvalue weighted by molar-refractivity contribution is 0.0696. The Hall–Kier alpha value is -3.58. The average Bonchev–Trinajstić information content (AvgIpc) is 2.59. The highest BCUT2D eigenvalue weighted by Gasteiger charge is 2.16. The van der Waals surface area contributed by atoms with Crippen molar-refractivity contribution in [1.29, 1.82) is 0 Å². The minimum absolute atomic E-state index is 0.00524. The van der Waals surface area contributed by atoms with Gasteiger partial charge in [0.05, 0.1) is 16.7 Å². The largest absolute Gasteiger partial charge is 0.478 e. The van der Waals surface area contributed by atoms with Crippen LogP contribution < -0.4 is 0 Å². The summed E-state index contributed by atoms with van der Waals surface area (Å²) in [6.07, 6.45) is 0. The van der Waals surface area contributed by atoms with E-state index in [9.17, 15) is 19.8 Å². The van der Waals surface area contributed by atoms with Crippen LogP contribution in [-0.2, 0) is 0 Å². The maximum atomic E-state index is 11.3. The van der Waals surface area contributed by atoms with E-state index in [1.165, 1.54) is 18.2 Å². The van der Waals surface area contributed by atoms with E-state index in [0.29, 0.717) is 5.56 Å². The molecule has 0 radical (unpaired) electrons. The molecule has 0 bridgehead atoms. The fourth-order valence-electron chi connectivity index (χ4n) is 2.45. The molecular weight excluding hydrogens is 304 g/mol. The van der Waals surface area contributed by atoms with Crippen LogP contribution in [0.2, 0.25) is 0 Å². The van der Waals surface area contributed by atoms with E-state index in [4.69, 9.17) is 0 Å². The van der Waals surface area contributed by atoms with E-state index in [1.54, 1.807) is 0 Å². The number of benzene rings is 3. The topological polar surface area (TPSA) is 74.6 Å². The molecule has 4 nitrogen and oxygen atoms in total. The summed E-state index contributed by atoms with van der Waals surface area (Å²) >= 11 is 0.